The van der Waals surface area contributed by atoms with Crippen LogP contribution in [0.2, 0.25) is 0 Å². The number of esters is 2. The lowest BCUT2D eigenvalue weighted by Gasteiger charge is -2.26. The highest BCUT2D eigenvalue weighted by Crippen LogP contribution is 2.13. The summed E-state index contributed by atoms with van der Waals surface area (Å²) < 4.78 is 20.2. The molecule has 0 aromatic heterocycles. The minimum Gasteiger partial charge on any atom is -0.454 e. The van der Waals surface area contributed by atoms with Crippen LogP contribution in [0.1, 0.15) is 20.7 Å². The summed E-state index contributed by atoms with van der Waals surface area (Å²) in [5, 5.41) is 0. The van der Waals surface area contributed by atoms with Crippen molar-refractivity contribution in [3.05, 3.63) is 35.4 Å². The normalized spacial score (nSPS) is 18.8. The topological polar surface area (TPSA) is 71.1 Å². The number of carbonyl (C=O) groups excluding carboxylic acids is 2. The van der Waals surface area contributed by atoms with Crippen LogP contribution in [0.3, 0.4) is 0 Å². The molecular weight excluding hydrogens is 264 g/mol. The van der Waals surface area contributed by atoms with Crippen molar-refractivity contribution in [1.82, 2.24) is 0 Å². The first-order chi connectivity index (χ1) is 9.72. The van der Waals surface area contributed by atoms with Gasteiger partial charge in [0.25, 0.3) is 0 Å². The van der Waals surface area contributed by atoms with Gasteiger partial charge < -0.3 is 18.9 Å². The molecule has 106 valence electrons. The van der Waals surface area contributed by atoms with Gasteiger partial charge >= 0.3 is 11.9 Å². The third-order valence-electron chi connectivity index (χ3n) is 3.12. The molecule has 3 rings (SSSR count). The van der Waals surface area contributed by atoms with Crippen molar-refractivity contribution < 1.29 is 28.5 Å². The molecule has 2 heterocycles. The van der Waals surface area contributed by atoms with E-state index < -0.39 is 11.9 Å². The molecule has 0 unspecified atom stereocenters. The van der Waals surface area contributed by atoms with E-state index in [2.05, 4.69) is 0 Å². The first-order valence-electron chi connectivity index (χ1n) is 6.40. The molecule has 0 amide bonds. The van der Waals surface area contributed by atoms with Gasteiger partial charge in [0.15, 0.2) is 0 Å². The molecule has 0 radical (unpaired) electrons. The maximum atomic E-state index is 11.8. The summed E-state index contributed by atoms with van der Waals surface area (Å²) in [7, 11) is 0. The second kappa shape index (κ2) is 5.60. The predicted octanol–water partition coefficient (Wildman–Crippen LogP) is 0.798. The Labute approximate surface area is 115 Å². The second-order valence-electron chi connectivity index (χ2n) is 4.71. The summed E-state index contributed by atoms with van der Waals surface area (Å²) in [6.45, 7) is 1.78. The van der Waals surface area contributed by atoms with E-state index in [1.807, 2.05) is 0 Å². The highest BCUT2D eigenvalue weighted by Gasteiger charge is 2.25. The Morgan fingerprint density at radius 2 is 1.15 bits per heavy atom. The SMILES string of the molecule is O=C(OC1COC1)c1ccc(C(=O)OC2COC2)cc1. The Morgan fingerprint density at radius 3 is 1.40 bits per heavy atom. The Hall–Kier alpha value is -1.92. The summed E-state index contributed by atoms with van der Waals surface area (Å²) in [6, 6.07) is 6.21. The highest BCUT2D eigenvalue weighted by molar-refractivity contribution is 5.93. The van der Waals surface area contributed by atoms with Gasteiger partial charge in [0.1, 0.15) is 12.2 Å². The molecule has 1 aromatic rings. The largest absolute Gasteiger partial charge is 0.454 e. The first kappa shape index (κ1) is 13.1. The molecule has 2 aliphatic rings. The fourth-order valence-corrected chi connectivity index (χ4v) is 1.75. The van der Waals surface area contributed by atoms with Crippen LogP contribution in [0.4, 0.5) is 0 Å². The summed E-state index contributed by atoms with van der Waals surface area (Å²) in [5.74, 6) is -0.823. The van der Waals surface area contributed by atoms with Crippen molar-refractivity contribution in [3.8, 4) is 0 Å². The van der Waals surface area contributed by atoms with Crippen molar-refractivity contribution >= 4 is 11.9 Å². The maximum Gasteiger partial charge on any atom is 0.338 e. The number of benzene rings is 1. The molecule has 0 aliphatic carbocycles. The molecular formula is C14H14O6. The highest BCUT2D eigenvalue weighted by atomic mass is 16.6. The summed E-state index contributed by atoms with van der Waals surface area (Å²) in [6.07, 6.45) is -0.323. The average Bonchev–Trinajstić information content (AvgIpc) is 2.38. The molecule has 2 aliphatic heterocycles. The van der Waals surface area contributed by atoms with Gasteiger partial charge in [-0.15, -0.1) is 0 Å². The van der Waals surface area contributed by atoms with Gasteiger partial charge in [-0.2, -0.15) is 0 Å². The number of carbonyl (C=O) groups is 2. The third-order valence-corrected chi connectivity index (χ3v) is 3.12. The molecule has 20 heavy (non-hydrogen) atoms. The molecule has 6 nitrogen and oxygen atoms in total. The van der Waals surface area contributed by atoms with E-state index >= 15 is 0 Å². The van der Waals surface area contributed by atoms with E-state index in [1.165, 1.54) is 0 Å². The molecule has 2 saturated heterocycles. The smallest absolute Gasteiger partial charge is 0.338 e. The number of rotatable bonds is 4. The Morgan fingerprint density at radius 1 is 0.800 bits per heavy atom. The van der Waals surface area contributed by atoms with Gasteiger partial charge in [-0.3, -0.25) is 0 Å². The molecule has 0 spiro atoms. The van der Waals surface area contributed by atoms with Crippen molar-refractivity contribution in [3.63, 3.8) is 0 Å². The maximum absolute atomic E-state index is 11.8. The van der Waals surface area contributed by atoms with Crippen molar-refractivity contribution in [1.29, 1.82) is 0 Å². The van der Waals surface area contributed by atoms with Crippen LogP contribution in [0.5, 0.6) is 0 Å². The Bertz CT molecular complexity index is 454. The van der Waals surface area contributed by atoms with E-state index in [-0.39, 0.29) is 12.2 Å². The monoisotopic (exact) mass is 278 g/mol. The molecule has 0 atom stereocenters. The minimum absolute atomic E-state index is 0.161. The fourth-order valence-electron chi connectivity index (χ4n) is 1.75. The van der Waals surface area contributed by atoms with Crippen LogP contribution in [-0.2, 0) is 18.9 Å². The summed E-state index contributed by atoms with van der Waals surface area (Å²) >= 11 is 0. The zero-order valence-electron chi connectivity index (χ0n) is 10.7. The standard InChI is InChI=1S/C14H14O6/c15-13(19-11-5-17-6-11)9-1-2-10(4-3-9)14(16)20-12-7-18-8-12/h1-4,11-12H,5-8H2. The van der Waals surface area contributed by atoms with Crippen molar-refractivity contribution in [2.24, 2.45) is 0 Å². The fraction of sp³-hybridized carbons (Fsp3) is 0.429. The lowest BCUT2D eigenvalue weighted by Crippen LogP contribution is -2.38. The van der Waals surface area contributed by atoms with Crippen LogP contribution in [-0.4, -0.2) is 50.6 Å². The number of hydrogen-bond donors (Lipinski definition) is 0. The van der Waals surface area contributed by atoms with E-state index in [0.717, 1.165) is 0 Å². The summed E-state index contributed by atoms with van der Waals surface area (Å²) in [4.78, 5) is 23.5. The zero-order valence-corrected chi connectivity index (χ0v) is 10.7. The van der Waals surface area contributed by atoms with E-state index in [1.54, 1.807) is 24.3 Å². The second-order valence-corrected chi connectivity index (χ2v) is 4.71. The quantitative estimate of drug-likeness (QED) is 0.759. The van der Waals surface area contributed by atoms with Crippen LogP contribution in [0, 0.1) is 0 Å². The van der Waals surface area contributed by atoms with Gasteiger partial charge in [-0.05, 0) is 24.3 Å². The number of ether oxygens (including phenoxy) is 4. The average molecular weight is 278 g/mol. The lowest BCUT2D eigenvalue weighted by atomic mass is 10.1. The molecule has 2 fully saturated rings. The van der Waals surface area contributed by atoms with Crippen LogP contribution < -0.4 is 0 Å². The number of hydrogen-bond acceptors (Lipinski definition) is 6. The van der Waals surface area contributed by atoms with Crippen LogP contribution in [0.25, 0.3) is 0 Å². The Kier molecular flexibility index (Phi) is 3.66. The predicted molar refractivity (Wildman–Crippen MR) is 66.5 cm³/mol. The molecule has 1 aromatic carbocycles. The molecule has 0 saturated carbocycles. The zero-order chi connectivity index (χ0) is 13.9. The van der Waals surface area contributed by atoms with Crippen LogP contribution >= 0.6 is 0 Å². The van der Waals surface area contributed by atoms with Gasteiger partial charge in [-0.1, -0.05) is 0 Å². The van der Waals surface area contributed by atoms with E-state index in [9.17, 15) is 9.59 Å². The third kappa shape index (κ3) is 2.81. The van der Waals surface area contributed by atoms with Gasteiger partial charge in [0, 0.05) is 0 Å². The molecule has 0 N–H and O–H groups in total. The summed E-state index contributed by atoms with van der Waals surface area (Å²) in [5.41, 5.74) is 0.806. The van der Waals surface area contributed by atoms with E-state index in [4.69, 9.17) is 18.9 Å². The van der Waals surface area contributed by atoms with Crippen LogP contribution in [0.15, 0.2) is 24.3 Å². The van der Waals surface area contributed by atoms with Gasteiger partial charge in [0.05, 0.1) is 37.6 Å². The molecule has 0 bridgehead atoms. The van der Waals surface area contributed by atoms with Crippen molar-refractivity contribution in [2.45, 2.75) is 12.2 Å². The Balaban J connectivity index is 1.58. The minimum atomic E-state index is -0.411. The first-order valence-corrected chi connectivity index (χ1v) is 6.40. The van der Waals surface area contributed by atoms with Gasteiger partial charge in [-0.25, -0.2) is 9.59 Å². The van der Waals surface area contributed by atoms with Crippen molar-refractivity contribution in [2.75, 3.05) is 26.4 Å². The van der Waals surface area contributed by atoms with E-state index in [0.29, 0.717) is 37.6 Å². The van der Waals surface area contributed by atoms with Gasteiger partial charge in [0.2, 0.25) is 0 Å². The molecule has 6 heteroatoms. The lowest BCUT2D eigenvalue weighted by molar-refractivity contribution is -0.103.